The van der Waals surface area contributed by atoms with Crippen LogP contribution < -0.4 is 5.32 Å². The van der Waals surface area contributed by atoms with Crippen LogP contribution in [0.25, 0.3) is 0 Å². The van der Waals surface area contributed by atoms with Crippen LogP contribution in [0.1, 0.15) is 38.7 Å². The first-order valence-corrected chi connectivity index (χ1v) is 9.68. The number of benzene rings is 1. The molecule has 0 fully saturated rings. The number of thiophene rings is 1. The molecule has 0 saturated heterocycles. The Labute approximate surface area is 166 Å². The quantitative estimate of drug-likeness (QED) is 0.690. The third kappa shape index (κ3) is 4.58. The Bertz CT molecular complexity index is 876. The van der Waals surface area contributed by atoms with E-state index in [2.05, 4.69) is 17.4 Å². The molecule has 28 heavy (non-hydrogen) atoms. The van der Waals surface area contributed by atoms with Gasteiger partial charge in [0.25, 0.3) is 5.91 Å². The molecule has 148 valence electrons. The van der Waals surface area contributed by atoms with Crippen LogP contribution in [0.3, 0.4) is 0 Å². The number of hydrogen-bond acceptors (Lipinski definition) is 6. The van der Waals surface area contributed by atoms with Gasteiger partial charge in [-0.2, -0.15) is 0 Å². The highest BCUT2D eigenvalue weighted by molar-refractivity contribution is 7.17. The van der Waals surface area contributed by atoms with Gasteiger partial charge in [-0.1, -0.05) is 30.3 Å². The lowest BCUT2D eigenvalue weighted by atomic mass is 9.83. The second kappa shape index (κ2) is 8.99. The predicted molar refractivity (Wildman–Crippen MR) is 104 cm³/mol. The second-order valence-corrected chi connectivity index (χ2v) is 7.59. The van der Waals surface area contributed by atoms with E-state index in [0.717, 1.165) is 29.7 Å². The summed E-state index contributed by atoms with van der Waals surface area (Å²) in [6, 6.07) is 10.2. The molecular formula is C20H21NO6S. The highest BCUT2D eigenvalue weighted by Crippen LogP contribution is 2.42. The minimum absolute atomic E-state index is 0.361. The number of rotatable bonds is 7. The largest absolute Gasteiger partial charge is 0.480 e. The van der Waals surface area contributed by atoms with Gasteiger partial charge in [0.1, 0.15) is 18.2 Å². The highest BCUT2D eigenvalue weighted by Gasteiger charge is 2.30. The standard InChI is InChI=1S/C20H21NO6S/c1-26-20(25)18-14-8-7-13(12-5-3-2-4-6-12)9-15(14)28-19(18)21-16(22)10-27-11-17(23)24/h2-6,13H,7-11H2,1H3,(H,21,22)(H,23,24)/t13-/m0/s1. The smallest absolute Gasteiger partial charge is 0.341 e. The van der Waals surface area contributed by atoms with Gasteiger partial charge >= 0.3 is 11.9 Å². The van der Waals surface area contributed by atoms with Gasteiger partial charge in [-0.25, -0.2) is 9.59 Å². The van der Waals surface area contributed by atoms with E-state index in [0.29, 0.717) is 16.5 Å². The molecule has 8 heteroatoms. The predicted octanol–water partition coefficient (Wildman–Crippen LogP) is 2.85. The third-order valence-corrected chi connectivity index (χ3v) is 5.81. The molecule has 0 unspecified atom stereocenters. The average molecular weight is 403 g/mol. The van der Waals surface area contributed by atoms with Gasteiger partial charge < -0.3 is 19.9 Å². The molecular weight excluding hydrogens is 382 g/mol. The van der Waals surface area contributed by atoms with Crippen molar-refractivity contribution in [3.8, 4) is 0 Å². The molecule has 1 aromatic heterocycles. The Morgan fingerprint density at radius 1 is 1.21 bits per heavy atom. The molecule has 0 aliphatic heterocycles. The second-order valence-electron chi connectivity index (χ2n) is 6.48. The third-order valence-electron chi connectivity index (χ3n) is 4.64. The van der Waals surface area contributed by atoms with Crippen LogP contribution in [-0.2, 0) is 31.9 Å². The fourth-order valence-corrected chi connectivity index (χ4v) is 4.73. The lowest BCUT2D eigenvalue weighted by molar-refractivity contribution is -0.143. The number of carboxylic acid groups (broad SMARTS) is 1. The molecule has 1 amide bonds. The van der Waals surface area contributed by atoms with E-state index in [1.807, 2.05) is 18.2 Å². The van der Waals surface area contributed by atoms with E-state index in [1.54, 1.807) is 0 Å². The molecule has 0 saturated carbocycles. The zero-order valence-electron chi connectivity index (χ0n) is 15.4. The van der Waals surface area contributed by atoms with E-state index < -0.39 is 31.1 Å². The first-order chi connectivity index (χ1) is 13.5. The van der Waals surface area contributed by atoms with Crippen LogP contribution in [-0.4, -0.2) is 43.3 Å². The maximum absolute atomic E-state index is 12.3. The molecule has 0 radical (unpaired) electrons. The van der Waals surface area contributed by atoms with Crippen LogP contribution in [0.15, 0.2) is 30.3 Å². The maximum Gasteiger partial charge on any atom is 0.341 e. The van der Waals surface area contributed by atoms with E-state index in [1.165, 1.54) is 24.0 Å². The normalized spacial score (nSPS) is 15.5. The molecule has 3 rings (SSSR count). The van der Waals surface area contributed by atoms with Crippen LogP contribution in [0.5, 0.6) is 0 Å². The number of fused-ring (bicyclic) bond motifs is 1. The van der Waals surface area contributed by atoms with Gasteiger partial charge in [0.2, 0.25) is 0 Å². The summed E-state index contributed by atoms with van der Waals surface area (Å²) in [4.78, 5) is 36.0. The lowest BCUT2D eigenvalue weighted by Crippen LogP contribution is -2.21. The molecule has 7 nitrogen and oxygen atoms in total. The van der Waals surface area contributed by atoms with Crippen LogP contribution in [0, 0.1) is 0 Å². The summed E-state index contributed by atoms with van der Waals surface area (Å²) in [7, 11) is 1.31. The van der Waals surface area contributed by atoms with Crippen molar-refractivity contribution in [1.82, 2.24) is 0 Å². The van der Waals surface area contributed by atoms with Gasteiger partial charge in [0, 0.05) is 4.88 Å². The van der Waals surface area contributed by atoms with Crippen LogP contribution in [0.4, 0.5) is 5.00 Å². The van der Waals surface area contributed by atoms with Crippen LogP contribution >= 0.6 is 11.3 Å². The van der Waals surface area contributed by atoms with Gasteiger partial charge in [0.15, 0.2) is 0 Å². The van der Waals surface area contributed by atoms with Gasteiger partial charge in [-0.3, -0.25) is 4.79 Å². The van der Waals surface area contributed by atoms with Crippen molar-refractivity contribution in [2.45, 2.75) is 25.2 Å². The molecule has 1 aliphatic rings. The zero-order chi connectivity index (χ0) is 20.1. The maximum atomic E-state index is 12.3. The number of esters is 1. The van der Waals surface area contributed by atoms with Crippen molar-refractivity contribution in [2.75, 3.05) is 25.6 Å². The molecule has 1 atom stereocenters. The number of methoxy groups -OCH3 is 1. The molecule has 1 aliphatic carbocycles. The highest BCUT2D eigenvalue weighted by atomic mass is 32.1. The summed E-state index contributed by atoms with van der Waals surface area (Å²) in [6.07, 6.45) is 2.42. The molecule has 0 spiro atoms. The number of aliphatic carboxylic acids is 1. The van der Waals surface area contributed by atoms with Gasteiger partial charge in [-0.15, -0.1) is 11.3 Å². The average Bonchev–Trinajstić information content (AvgIpc) is 3.04. The number of anilines is 1. The summed E-state index contributed by atoms with van der Waals surface area (Å²) in [5.74, 6) is -1.79. The number of nitrogens with one attached hydrogen (secondary N) is 1. The number of hydrogen-bond donors (Lipinski definition) is 2. The summed E-state index contributed by atoms with van der Waals surface area (Å²) in [5, 5.41) is 11.7. The van der Waals surface area contributed by atoms with Crippen molar-refractivity contribution in [2.24, 2.45) is 0 Å². The number of carboxylic acids is 1. The molecule has 0 bridgehead atoms. The van der Waals surface area contributed by atoms with E-state index in [-0.39, 0.29) is 0 Å². The Kier molecular flexibility index (Phi) is 6.43. The van der Waals surface area contributed by atoms with Gasteiger partial charge in [-0.05, 0) is 36.3 Å². The first kappa shape index (κ1) is 20.0. The molecule has 2 aromatic rings. The Balaban J connectivity index is 1.80. The van der Waals surface area contributed by atoms with E-state index >= 15 is 0 Å². The van der Waals surface area contributed by atoms with Crippen molar-refractivity contribution < 1.29 is 29.0 Å². The monoisotopic (exact) mass is 403 g/mol. The van der Waals surface area contributed by atoms with Crippen molar-refractivity contribution >= 4 is 34.2 Å². The van der Waals surface area contributed by atoms with E-state index in [9.17, 15) is 14.4 Å². The Morgan fingerprint density at radius 3 is 2.64 bits per heavy atom. The minimum atomic E-state index is -1.15. The summed E-state index contributed by atoms with van der Waals surface area (Å²) >= 11 is 1.37. The zero-order valence-corrected chi connectivity index (χ0v) is 16.2. The van der Waals surface area contributed by atoms with E-state index in [4.69, 9.17) is 14.6 Å². The SMILES string of the molecule is COC(=O)c1c(NC(=O)COCC(=O)O)sc2c1CC[C@H](c1ccccc1)C2. The lowest BCUT2D eigenvalue weighted by Gasteiger charge is -2.22. The fourth-order valence-electron chi connectivity index (χ4n) is 3.40. The van der Waals surface area contributed by atoms with Gasteiger partial charge in [0.05, 0.1) is 12.7 Å². The molecule has 1 aromatic carbocycles. The van der Waals surface area contributed by atoms with Crippen molar-refractivity contribution in [3.63, 3.8) is 0 Å². The summed E-state index contributed by atoms with van der Waals surface area (Å²) < 4.78 is 9.72. The van der Waals surface area contributed by atoms with Crippen LogP contribution in [0.2, 0.25) is 0 Å². The molecule has 1 heterocycles. The summed E-state index contributed by atoms with van der Waals surface area (Å²) in [6.45, 7) is -0.959. The van der Waals surface area contributed by atoms with Crippen molar-refractivity contribution in [3.05, 3.63) is 51.9 Å². The summed E-state index contributed by atoms with van der Waals surface area (Å²) in [5.41, 5.74) is 2.57. The minimum Gasteiger partial charge on any atom is -0.480 e. The fraction of sp³-hybridized carbons (Fsp3) is 0.350. The Morgan fingerprint density at radius 2 is 1.96 bits per heavy atom. The number of ether oxygens (including phenoxy) is 2. The van der Waals surface area contributed by atoms with Crippen molar-refractivity contribution in [1.29, 1.82) is 0 Å². The number of carbonyl (C=O) groups excluding carboxylic acids is 2. The first-order valence-electron chi connectivity index (χ1n) is 8.86. The Hall–Kier alpha value is -2.71. The topological polar surface area (TPSA) is 102 Å². The number of carbonyl (C=O) groups is 3. The molecule has 2 N–H and O–H groups in total. The number of amides is 1.